The van der Waals surface area contributed by atoms with E-state index in [0.717, 1.165) is 11.3 Å². The van der Waals surface area contributed by atoms with E-state index < -0.39 is 0 Å². The van der Waals surface area contributed by atoms with E-state index in [-0.39, 0.29) is 5.91 Å². The van der Waals surface area contributed by atoms with Gasteiger partial charge in [-0.3, -0.25) is 4.79 Å². The second kappa shape index (κ2) is 8.39. The minimum Gasteiger partial charge on any atom is -0.351 e. The van der Waals surface area contributed by atoms with Crippen LogP contribution in [0.15, 0.2) is 66.7 Å². The second-order valence-corrected chi connectivity index (χ2v) is 5.21. The highest BCUT2D eigenvalue weighted by Gasteiger charge is 2.06. The fourth-order valence-electron chi connectivity index (χ4n) is 2.20. The summed E-state index contributed by atoms with van der Waals surface area (Å²) < 4.78 is 1.61. The Hall–Kier alpha value is -3.48. The van der Waals surface area contributed by atoms with Gasteiger partial charge < -0.3 is 10.6 Å². The van der Waals surface area contributed by atoms with Crippen molar-refractivity contribution in [3.8, 4) is 5.69 Å². The van der Waals surface area contributed by atoms with Crippen LogP contribution in [0, 0.1) is 0 Å². The van der Waals surface area contributed by atoms with Crippen molar-refractivity contribution in [2.75, 3.05) is 18.4 Å². The molecule has 0 saturated heterocycles. The Morgan fingerprint density at radius 2 is 1.72 bits per heavy atom. The number of anilines is 1. The highest BCUT2D eigenvalue weighted by atomic mass is 16.1. The van der Waals surface area contributed by atoms with Crippen LogP contribution in [0.25, 0.3) is 11.8 Å². The van der Waals surface area contributed by atoms with Crippen LogP contribution in [0.2, 0.25) is 0 Å². The third-order valence-electron chi connectivity index (χ3n) is 3.40. The Bertz CT molecular complexity index is 829. The fraction of sp³-hybridized carbons (Fsp3) is 0.111. The predicted octanol–water partition coefficient (Wildman–Crippen LogP) is 1.90. The number of nitrogens with one attached hydrogen (secondary N) is 2. The van der Waals surface area contributed by atoms with Gasteiger partial charge in [-0.05, 0) is 34.2 Å². The van der Waals surface area contributed by atoms with Crippen LogP contribution in [0.1, 0.15) is 5.56 Å². The van der Waals surface area contributed by atoms with Crippen molar-refractivity contribution < 1.29 is 4.79 Å². The number of aromatic nitrogens is 4. The van der Waals surface area contributed by atoms with E-state index in [2.05, 4.69) is 26.2 Å². The number of tetrazole rings is 1. The highest BCUT2D eigenvalue weighted by molar-refractivity contribution is 5.91. The summed E-state index contributed by atoms with van der Waals surface area (Å²) in [5.74, 6) is 0.383. The maximum absolute atomic E-state index is 11.8. The Morgan fingerprint density at radius 1 is 1.00 bits per heavy atom. The van der Waals surface area contributed by atoms with E-state index in [1.54, 1.807) is 10.8 Å². The van der Waals surface area contributed by atoms with Gasteiger partial charge in [-0.25, -0.2) is 0 Å². The number of rotatable bonds is 7. The Labute approximate surface area is 145 Å². The molecule has 0 spiro atoms. The monoisotopic (exact) mass is 334 g/mol. The number of nitrogens with zero attached hydrogens (tertiary/aromatic N) is 4. The molecule has 1 heterocycles. The molecule has 0 bridgehead atoms. The van der Waals surface area contributed by atoms with E-state index >= 15 is 0 Å². The largest absolute Gasteiger partial charge is 0.351 e. The molecule has 0 fully saturated rings. The SMILES string of the molecule is O=C(/C=C/c1ccccc1)NCCNc1nnnn1-c1ccccc1. The first-order valence-electron chi connectivity index (χ1n) is 7.91. The maximum Gasteiger partial charge on any atom is 0.247 e. The molecule has 2 aromatic carbocycles. The molecule has 3 aromatic rings. The van der Waals surface area contributed by atoms with Crippen LogP contribution in [-0.4, -0.2) is 39.2 Å². The van der Waals surface area contributed by atoms with Crippen molar-refractivity contribution in [1.29, 1.82) is 0 Å². The van der Waals surface area contributed by atoms with E-state index in [1.807, 2.05) is 60.7 Å². The lowest BCUT2D eigenvalue weighted by molar-refractivity contribution is -0.116. The normalized spacial score (nSPS) is 10.7. The molecule has 0 aliphatic heterocycles. The summed E-state index contributed by atoms with van der Waals surface area (Å²) in [6, 6.07) is 19.3. The molecule has 0 atom stereocenters. The molecule has 0 unspecified atom stereocenters. The molecular weight excluding hydrogens is 316 g/mol. The van der Waals surface area contributed by atoms with Crippen LogP contribution < -0.4 is 10.6 Å². The van der Waals surface area contributed by atoms with Gasteiger partial charge in [0.05, 0.1) is 5.69 Å². The minimum absolute atomic E-state index is 0.145. The van der Waals surface area contributed by atoms with E-state index in [4.69, 9.17) is 0 Å². The average molecular weight is 334 g/mol. The van der Waals surface area contributed by atoms with Crippen molar-refractivity contribution in [3.63, 3.8) is 0 Å². The number of carbonyl (C=O) groups excluding carboxylic acids is 1. The van der Waals surface area contributed by atoms with Gasteiger partial charge in [0.2, 0.25) is 11.9 Å². The van der Waals surface area contributed by atoms with E-state index in [9.17, 15) is 4.79 Å². The molecule has 0 radical (unpaired) electrons. The zero-order valence-electron chi connectivity index (χ0n) is 13.5. The molecule has 0 aliphatic rings. The molecule has 7 nitrogen and oxygen atoms in total. The van der Waals surface area contributed by atoms with E-state index in [0.29, 0.717) is 19.0 Å². The molecule has 2 N–H and O–H groups in total. The topological polar surface area (TPSA) is 84.7 Å². The summed E-state index contributed by atoms with van der Waals surface area (Å²) in [6.45, 7) is 0.970. The van der Waals surface area contributed by atoms with Crippen LogP contribution in [0.5, 0.6) is 0 Å². The van der Waals surface area contributed by atoms with Gasteiger partial charge in [-0.15, -0.1) is 0 Å². The molecular formula is C18H18N6O. The molecule has 0 aliphatic carbocycles. The summed E-state index contributed by atoms with van der Waals surface area (Å²) in [5.41, 5.74) is 1.85. The minimum atomic E-state index is -0.145. The van der Waals surface area contributed by atoms with Gasteiger partial charge in [-0.1, -0.05) is 53.6 Å². The number of amides is 1. The second-order valence-electron chi connectivity index (χ2n) is 5.21. The number of carbonyl (C=O) groups is 1. The molecule has 1 amide bonds. The smallest absolute Gasteiger partial charge is 0.247 e. The first kappa shape index (κ1) is 16.4. The zero-order chi connectivity index (χ0) is 17.3. The quantitative estimate of drug-likeness (QED) is 0.509. The molecule has 3 rings (SSSR count). The fourth-order valence-corrected chi connectivity index (χ4v) is 2.20. The van der Waals surface area contributed by atoms with Crippen LogP contribution in [0.3, 0.4) is 0 Å². The third kappa shape index (κ3) is 4.74. The number of para-hydroxylation sites is 1. The molecule has 0 saturated carbocycles. The van der Waals surface area contributed by atoms with Crippen LogP contribution >= 0.6 is 0 Å². The van der Waals surface area contributed by atoms with E-state index in [1.165, 1.54) is 6.08 Å². The summed E-state index contributed by atoms with van der Waals surface area (Å²) in [7, 11) is 0. The number of hydrogen-bond acceptors (Lipinski definition) is 5. The summed E-state index contributed by atoms with van der Waals surface area (Å²) in [5, 5.41) is 17.5. The predicted molar refractivity (Wildman–Crippen MR) is 96.1 cm³/mol. The summed E-state index contributed by atoms with van der Waals surface area (Å²) >= 11 is 0. The maximum atomic E-state index is 11.8. The van der Waals surface area contributed by atoms with Crippen molar-refractivity contribution in [2.45, 2.75) is 0 Å². The summed E-state index contributed by atoms with van der Waals surface area (Å²) in [4.78, 5) is 11.8. The Balaban J connectivity index is 1.46. The van der Waals surface area contributed by atoms with Gasteiger partial charge in [0.25, 0.3) is 0 Å². The standard InChI is InChI=1S/C18H18N6O/c25-17(12-11-15-7-3-1-4-8-15)19-13-14-20-18-21-22-23-24(18)16-9-5-2-6-10-16/h1-12H,13-14H2,(H,19,25)(H,20,21,23)/b12-11+. The lowest BCUT2D eigenvalue weighted by Crippen LogP contribution is -2.27. The Morgan fingerprint density at radius 3 is 2.48 bits per heavy atom. The third-order valence-corrected chi connectivity index (χ3v) is 3.40. The van der Waals surface area contributed by atoms with Crippen molar-refractivity contribution in [2.24, 2.45) is 0 Å². The number of hydrogen-bond donors (Lipinski definition) is 2. The highest BCUT2D eigenvalue weighted by Crippen LogP contribution is 2.09. The number of benzene rings is 2. The lowest BCUT2D eigenvalue weighted by Gasteiger charge is -2.07. The van der Waals surface area contributed by atoms with Crippen molar-refractivity contribution >= 4 is 17.9 Å². The van der Waals surface area contributed by atoms with Gasteiger partial charge in [0.15, 0.2) is 0 Å². The summed E-state index contributed by atoms with van der Waals surface area (Å²) in [6.07, 6.45) is 3.29. The first-order valence-corrected chi connectivity index (χ1v) is 7.91. The lowest BCUT2D eigenvalue weighted by atomic mass is 10.2. The Kier molecular flexibility index (Phi) is 5.50. The van der Waals surface area contributed by atoms with Crippen molar-refractivity contribution in [3.05, 3.63) is 72.3 Å². The van der Waals surface area contributed by atoms with Crippen molar-refractivity contribution in [1.82, 2.24) is 25.5 Å². The van der Waals surface area contributed by atoms with Gasteiger partial charge in [-0.2, -0.15) is 4.68 Å². The molecule has 7 heteroatoms. The average Bonchev–Trinajstić information content (AvgIpc) is 3.14. The van der Waals surface area contributed by atoms with Gasteiger partial charge >= 0.3 is 0 Å². The zero-order valence-corrected chi connectivity index (χ0v) is 13.5. The molecule has 1 aromatic heterocycles. The first-order chi connectivity index (χ1) is 12.3. The van der Waals surface area contributed by atoms with Gasteiger partial charge in [0, 0.05) is 19.2 Å². The van der Waals surface area contributed by atoms with Gasteiger partial charge in [0.1, 0.15) is 0 Å². The molecule has 126 valence electrons. The molecule has 25 heavy (non-hydrogen) atoms. The van der Waals surface area contributed by atoms with Crippen LogP contribution in [-0.2, 0) is 4.79 Å². The van der Waals surface area contributed by atoms with Crippen LogP contribution in [0.4, 0.5) is 5.95 Å².